The molecule has 0 bridgehead atoms. The van der Waals surface area contributed by atoms with Crippen LogP contribution in [0.4, 0.5) is 0 Å². The Balaban J connectivity index is 1.56. The molecule has 3 aromatic rings. The van der Waals surface area contributed by atoms with E-state index < -0.39 is 6.04 Å². The Morgan fingerprint density at radius 3 is 2.80 bits per heavy atom. The number of nitrogens with zero attached hydrogens (tertiary/aromatic N) is 7. The Kier molecular flexibility index (Phi) is 5.12. The van der Waals surface area contributed by atoms with Crippen LogP contribution in [0.15, 0.2) is 36.7 Å². The normalized spacial score (nSPS) is 12.1. The van der Waals surface area contributed by atoms with E-state index in [-0.39, 0.29) is 5.91 Å². The number of tetrazole rings is 1. The van der Waals surface area contributed by atoms with Crippen molar-refractivity contribution in [1.82, 2.24) is 40.3 Å². The van der Waals surface area contributed by atoms with E-state index in [1.165, 1.54) is 4.80 Å². The second-order valence-electron chi connectivity index (χ2n) is 5.55. The maximum absolute atomic E-state index is 12.3. The zero-order chi connectivity index (χ0) is 17.6. The molecular formula is C16H20N8O. The van der Waals surface area contributed by atoms with Crippen molar-refractivity contribution < 1.29 is 4.79 Å². The topological polar surface area (TPSA) is 103 Å². The lowest BCUT2D eigenvalue weighted by atomic mass is 10.2. The van der Waals surface area contributed by atoms with Crippen molar-refractivity contribution >= 4 is 5.91 Å². The van der Waals surface area contributed by atoms with Crippen LogP contribution in [0.5, 0.6) is 0 Å². The molecular weight excluding hydrogens is 320 g/mol. The molecule has 25 heavy (non-hydrogen) atoms. The zero-order valence-electron chi connectivity index (χ0n) is 14.2. The van der Waals surface area contributed by atoms with Crippen molar-refractivity contribution in [3.8, 4) is 11.4 Å². The van der Waals surface area contributed by atoms with Gasteiger partial charge in [-0.2, -0.15) is 4.80 Å². The molecule has 3 rings (SSSR count). The van der Waals surface area contributed by atoms with Gasteiger partial charge in [0.1, 0.15) is 18.2 Å². The van der Waals surface area contributed by atoms with Crippen LogP contribution >= 0.6 is 0 Å². The molecule has 1 N–H and O–H groups in total. The van der Waals surface area contributed by atoms with E-state index in [1.807, 2.05) is 41.8 Å². The van der Waals surface area contributed by atoms with E-state index in [9.17, 15) is 4.79 Å². The highest BCUT2D eigenvalue weighted by molar-refractivity contribution is 5.79. The summed E-state index contributed by atoms with van der Waals surface area (Å²) in [6.45, 7) is 5.04. The van der Waals surface area contributed by atoms with Crippen molar-refractivity contribution in [2.45, 2.75) is 32.9 Å². The first-order valence-electron chi connectivity index (χ1n) is 8.18. The largest absolute Gasteiger partial charge is 0.354 e. The van der Waals surface area contributed by atoms with E-state index in [4.69, 9.17) is 0 Å². The number of nitrogens with one attached hydrogen (secondary N) is 1. The second-order valence-corrected chi connectivity index (χ2v) is 5.55. The number of aryl methyl sites for hydroxylation is 1. The van der Waals surface area contributed by atoms with Gasteiger partial charge in [-0.1, -0.05) is 30.3 Å². The average Bonchev–Trinajstić information content (AvgIpc) is 3.31. The highest BCUT2D eigenvalue weighted by Gasteiger charge is 2.18. The lowest BCUT2D eigenvalue weighted by molar-refractivity contribution is -0.124. The summed E-state index contributed by atoms with van der Waals surface area (Å²) in [5, 5.41) is 23.1. The molecule has 0 spiro atoms. The molecule has 1 amide bonds. The number of amides is 1. The minimum absolute atomic E-state index is 0.167. The van der Waals surface area contributed by atoms with Gasteiger partial charge >= 0.3 is 0 Å². The maximum Gasteiger partial charge on any atom is 0.246 e. The molecule has 0 aliphatic rings. The molecule has 9 nitrogen and oxygen atoms in total. The number of carbonyl (C=O) groups excluding carboxylic acids is 1. The molecule has 1 atom stereocenters. The summed E-state index contributed by atoms with van der Waals surface area (Å²) >= 11 is 0. The Labute approximate surface area is 145 Å². The Morgan fingerprint density at radius 1 is 1.24 bits per heavy atom. The van der Waals surface area contributed by atoms with Crippen molar-refractivity contribution in [1.29, 1.82) is 0 Å². The summed E-state index contributed by atoms with van der Waals surface area (Å²) in [5.74, 6) is 1.18. The Morgan fingerprint density at radius 2 is 2.04 bits per heavy atom. The third kappa shape index (κ3) is 3.87. The van der Waals surface area contributed by atoms with Gasteiger partial charge in [0.15, 0.2) is 0 Å². The fourth-order valence-corrected chi connectivity index (χ4v) is 2.38. The molecule has 0 aliphatic heterocycles. The van der Waals surface area contributed by atoms with E-state index in [1.54, 1.807) is 13.3 Å². The smallest absolute Gasteiger partial charge is 0.246 e. The molecule has 2 heterocycles. The van der Waals surface area contributed by atoms with E-state index in [0.717, 1.165) is 17.9 Å². The van der Waals surface area contributed by atoms with Crippen molar-refractivity contribution in [3.63, 3.8) is 0 Å². The van der Waals surface area contributed by atoms with Crippen LogP contribution in [0.2, 0.25) is 0 Å². The van der Waals surface area contributed by atoms with Gasteiger partial charge in [0.25, 0.3) is 0 Å². The van der Waals surface area contributed by atoms with Gasteiger partial charge in [0.05, 0.1) is 0 Å². The van der Waals surface area contributed by atoms with Gasteiger partial charge < -0.3 is 9.88 Å². The van der Waals surface area contributed by atoms with Crippen molar-refractivity contribution in [3.05, 3.63) is 42.5 Å². The lowest BCUT2D eigenvalue weighted by Gasteiger charge is -2.10. The lowest BCUT2D eigenvalue weighted by Crippen LogP contribution is -2.33. The van der Waals surface area contributed by atoms with E-state index in [2.05, 4.69) is 30.9 Å². The highest BCUT2D eigenvalue weighted by atomic mass is 16.2. The molecule has 0 saturated heterocycles. The van der Waals surface area contributed by atoms with Crippen LogP contribution in [0.25, 0.3) is 11.4 Å². The molecule has 130 valence electrons. The molecule has 2 aromatic heterocycles. The van der Waals surface area contributed by atoms with Gasteiger partial charge in [-0.15, -0.1) is 20.4 Å². The predicted molar refractivity (Wildman–Crippen MR) is 90.4 cm³/mol. The average molecular weight is 340 g/mol. The number of hydrogen-bond donors (Lipinski definition) is 1. The minimum atomic E-state index is -0.547. The molecule has 0 fully saturated rings. The molecule has 0 radical (unpaired) electrons. The summed E-state index contributed by atoms with van der Waals surface area (Å²) in [6.07, 6.45) is 2.30. The van der Waals surface area contributed by atoms with Gasteiger partial charge in [-0.05, 0) is 19.1 Å². The zero-order valence-corrected chi connectivity index (χ0v) is 14.2. The van der Waals surface area contributed by atoms with E-state index in [0.29, 0.717) is 18.8 Å². The third-order valence-electron chi connectivity index (χ3n) is 3.87. The molecule has 0 aliphatic carbocycles. The molecule has 1 unspecified atom stereocenters. The first kappa shape index (κ1) is 16.7. The van der Waals surface area contributed by atoms with Gasteiger partial charge in [-0.3, -0.25) is 4.79 Å². The summed E-state index contributed by atoms with van der Waals surface area (Å²) in [7, 11) is 0. The van der Waals surface area contributed by atoms with Crippen LogP contribution in [-0.4, -0.2) is 47.4 Å². The number of aromatic nitrogens is 7. The summed E-state index contributed by atoms with van der Waals surface area (Å²) in [6, 6.07) is 8.98. The Bertz CT molecular complexity index is 826. The van der Waals surface area contributed by atoms with Crippen molar-refractivity contribution in [2.75, 3.05) is 6.54 Å². The molecule has 1 aromatic carbocycles. The van der Waals surface area contributed by atoms with Crippen LogP contribution in [0, 0.1) is 0 Å². The molecule has 0 saturated carbocycles. The van der Waals surface area contributed by atoms with Crippen LogP contribution in [0.3, 0.4) is 0 Å². The van der Waals surface area contributed by atoms with Crippen LogP contribution in [0.1, 0.15) is 25.7 Å². The number of carbonyl (C=O) groups is 1. The maximum atomic E-state index is 12.3. The summed E-state index contributed by atoms with van der Waals surface area (Å²) < 4.78 is 1.95. The third-order valence-corrected chi connectivity index (χ3v) is 3.87. The van der Waals surface area contributed by atoms with Gasteiger partial charge in [0.2, 0.25) is 11.7 Å². The predicted octanol–water partition coefficient (Wildman–Crippen LogP) is 0.871. The standard InChI is InChI=1S/C16H20N8O/c1-3-23-11-18-19-14(23)9-10-17-16(25)12(2)24-21-15(20-22-24)13-7-5-4-6-8-13/h4-8,11-12H,3,9-10H2,1-2H3,(H,17,25). The minimum Gasteiger partial charge on any atom is -0.354 e. The SMILES string of the molecule is CCn1cnnc1CCNC(=O)C(C)n1nnc(-c2ccccc2)n1. The van der Waals surface area contributed by atoms with E-state index >= 15 is 0 Å². The number of hydrogen-bond acceptors (Lipinski definition) is 6. The Hall–Kier alpha value is -3.10. The van der Waals surface area contributed by atoms with Crippen LogP contribution < -0.4 is 5.32 Å². The molecule has 9 heteroatoms. The number of benzene rings is 1. The first-order chi connectivity index (χ1) is 12.2. The highest BCUT2D eigenvalue weighted by Crippen LogP contribution is 2.13. The fraction of sp³-hybridized carbons (Fsp3) is 0.375. The van der Waals surface area contributed by atoms with Crippen molar-refractivity contribution in [2.24, 2.45) is 0 Å². The quantitative estimate of drug-likeness (QED) is 0.684. The van der Waals surface area contributed by atoms with Crippen LogP contribution in [-0.2, 0) is 17.8 Å². The van der Waals surface area contributed by atoms with Gasteiger partial charge in [0, 0.05) is 25.1 Å². The monoisotopic (exact) mass is 340 g/mol. The van der Waals surface area contributed by atoms with Gasteiger partial charge in [-0.25, -0.2) is 0 Å². The summed E-state index contributed by atoms with van der Waals surface area (Å²) in [4.78, 5) is 13.6. The second kappa shape index (κ2) is 7.65. The summed E-state index contributed by atoms with van der Waals surface area (Å²) in [5.41, 5.74) is 0.861. The fourth-order valence-electron chi connectivity index (χ4n) is 2.38. The first-order valence-corrected chi connectivity index (χ1v) is 8.18. The number of rotatable bonds is 7.